The zero-order valence-corrected chi connectivity index (χ0v) is 20.7. The van der Waals surface area contributed by atoms with Gasteiger partial charge in [-0.1, -0.05) is 11.3 Å². The average molecular weight is 529 g/mol. The fraction of sp³-hybridized carbons (Fsp3) is 0.600. The highest BCUT2D eigenvalue weighted by molar-refractivity contribution is 7.88. The molecule has 190 valence electrons. The molecule has 14 heteroatoms. The molecule has 34 heavy (non-hydrogen) atoms. The Morgan fingerprint density at radius 1 is 1.24 bits per heavy atom. The van der Waals surface area contributed by atoms with Gasteiger partial charge in [-0.3, -0.25) is 0 Å². The van der Waals surface area contributed by atoms with Gasteiger partial charge in [0, 0.05) is 18.7 Å². The first kappa shape index (κ1) is 26.4. The first-order valence-electron chi connectivity index (χ1n) is 10.3. The van der Waals surface area contributed by atoms with Crippen molar-refractivity contribution in [3.05, 3.63) is 16.9 Å². The van der Waals surface area contributed by atoms with Gasteiger partial charge in [0.2, 0.25) is 0 Å². The van der Waals surface area contributed by atoms with Crippen LogP contribution >= 0.6 is 11.3 Å². The van der Waals surface area contributed by atoms with Crippen molar-refractivity contribution in [1.82, 2.24) is 4.98 Å². The summed E-state index contributed by atoms with van der Waals surface area (Å²) in [4.78, 5) is 18.7. The molecule has 0 aliphatic carbocycles. The molecule has 0 spiro atoms. The number of fused-ring (bicyclic) bond motifs is 1. The monoisotopic (exact) mass is 528 g/mol. The predicted molar refractivity (Wildman–Crippen MR) is 117 cm³/mol. The van der Waals surface area contributed by atoms with Gasteiger partial charge in [-0.05, 0) is 46.6 Å². The zero-order chi connectivity index (χ0) is 25.6. The molecule has 0 amide bonds. The Balaban J connectivity index is 2.36. The lowest BCUT2D eigenvalue weighted by Gasteiger charge is -2.30. The van der Waals surface area contributed by atoms with E-state index in [1.807, 2.05) is 0 Å². The molecule has 1 atom stereocenters. The Labute approximate surface area is 197 Å². The zero-order valence-electron chi connectivity index (χ0n) is 19.1. The minimum Gasteiger partial charge on any atom is -0.464 e. The number of nitrogens with zero attached hydrogens (tertiary/aromatic N) is 2. The summed E-state index contributed by atoms with van der Waals surface area (Å²) >= 11 is 0.767. The quantitative estimate of drug-likeness (QED) is 0.223. The van der Waals surface area contributed by atoms with Crippen LogP contribution in [0, 0.1) is 12.7 Å². The van der Waals surface area contributed by atoms with Crippen molar-refractivity contribution in [2.45, 2.75) is 58.3 Å². The summed E-state index contributed by atoms with van der Waals surface area (Å²) in [5.41, 5.74) is -8.04. The van der Waals surface area contributed by atoms with Crippen LogP contribution in [0.1, 0.15) is 51.3 Å². The molecular formula is C20H24F4N2O6S2. The lowest BCUT2D eigenvalue weighted by atomic mass is 9.99. The number of thiazole rings is 1. The second kappa shape index (κ2) is 9.11. The van der Waals surface area contributed by atoms with Gasteiger partial charge in [0.05, 0.1) is 12.2 Å². The van der Waals surface area contributed by atoms with E-state index in [0.29, 0.717) is 13.1 Å². The van der Waals surface area contributed by atoms with Crippen LogP contribution in [0.4, 0.5) is 22.7 Å². The predicted octanol–water partition coefficient (Wildman–Crippen LogP) is 4.60. The minimum atomic E-state index is -6.18. The molecule has 0 bridgehead atoms. The van der Waals surface area contributed by atoms with Crippen molar-refractivity contribution in [2.75, 3.05) is 24.6 Å². The third kappa shape index (κ3) is 5.08. The molecule has 8 nitrogen and oxygen atoms in total. The molecule has 2 heterocycles. The Bertz CT molecular complexity index is 1200. The Kier molecular flexibility index (Phi) is 7.08. The molecule has 1 aromatic heterocycles. The van der Waals surface area contributed by atoms with Gasteiger partial charge >= 0.3 is 21.6 Å². The van der Waals surface area contributed by atoms with E-state index < -0.39 is 50.4 Å². The third-order valence-electron chi connectivity index (χ3n) is 4.85. The van der Waals surface area contributed by atoms with Crippen LogP contribution in [0.25, 0.3) is 10.2 Å². The molecule has 1 aliphatic heterocycles. The average Bonchev–Trinajstić information content (AvgIpc) is 3.06. The lowest BCUT2D eigenvalue weighted by Crippen LogP contribution is -2.36. The summed E-state index contributed by atoms with van der Waals surface area (Å²) in [6.07, 6.45) is -0.925. The number of hydrogen-bond acceptors (Lipinski definition) is 9. The van der Waals surface area contributed by atoms with E-state index in [9.17, 15) is 26.4 Å². The van der Waals surface area contributed by atoms with Crippen LogP contribution in [0.5, 0.6) is 5.75 Å². The second-order valence-electron chi connectivity index (χ2n) is 8.54. The van der Waals surface area contributed by atoms with Crippen molar-refractivity contribution < 1.29 is 44.4 Å². The van der Waals surface area contributed by atoms with Gasteiger partial charge in [-0.25, -0.2) is 14.2 Å². The van der Waals surface area contributed by atoms with Crippen LogP contribution in [-0.4, -0.2) is 50.2 Å². The van der Waals surface area contributed by atoms with E-state index in [1.54, 1.807) is 25.7 Å². The SMILES string of the molecule is CCOC(=O)C(OC(C)(C)C)c1c(C)c(F)c2nc(N3CCC3)sc2c1OS(=O)(=O)C(F)(F)F. The molecular weight excluding hydrogens is 504 g/mol. The number of carbonyl (C=O) groups excluding carboxylic acids is 1. The number of ether oxygens (including phenoxy) is 2. The molecule has 0 N–H and O–H groups in total. The molecule has 2 aromatic rings. The molecule has 1 fully saturated rings. The van der Waals surface area contributed by atoms with Gasteiger partial charge in [0.25, 0.3) is 0 Å². The van der Waals surface area contributed by atoms with Crippen molar-refractivity contribution >= 4 is 42.8 Å². The highest BCUT2D eigenvalue weighted by Crippen LogP contribution is 2.47. The smallest absolute Gasteiger partial charge is 0.464 e. The molecule has 3 rings (SSSR count). The van der Waals surface area contributed by atoms with E-state index in [0.717, 1.165) is 17.8 Å². The number of benzene rings is 1. The molecule has 1 aliphatic rings. The first-order valence-corrected chi connectivity index (χ1v) is 12.5. The summed E-state index contributed by atoms with van der Waals surface area (Å²) < 4.78 is 94.2. The van der Waals surface area contributed by atoms with Gasteiger partial charge in [-0.2, -0.15) is 21.6 Å². The summed E-state index contributed by atoms with van der Waals surface area (Å²) in [6, 6.07) is 0. The number of hydrogen-bond donors (Lipinski definition) is 0. The summed E-state index contributed by atoms with van der Waals surface area (Å²) in [6.45, 7) is 8.45. The standard InChI is InChI=1S/C20H24F4N2O6S2/c1-6-30-17(27)15(31-19(3,4)5)11-10(2)12(21)13-16(33-18(25-13)26-8-7-9-26)14(11)32-34(28,29)20(22,23)24/h15H,6-9H2,1-5H3. The van der Waals surface area contributed by atoms with Crippen molar-refractivity contribution in [1.29, 1.82) is 0 Å². The highest BCUT2D eigenvalue weighted by Gasteiger charge is 2.50. The van der Waals surface area contributed by atoms with E-state index in [2.05, 4.69) is 9.17 Å². The van der Waals surface area contributed by atoms with E-state index in [-0.39, 0.29) is 27.5 Å². The lowest BCUT2D eigenvalue weighted by molar-refractivity contribution is -0.167. The minimum absolute atomic E-state index is 0.108. The van der Waals surface area contributed by atoms with Crippen molar-refractivity contribution in [2.24, 2.45) is 0 Å². The first-order chi connectivity index (χ1) is 15.6. The third-order valence-corrected chi connectivity index (χ3v) is 6.91. The fourth-order valence-corrected chi connectivity index (χ4v) is 4.84. The van der Waals surface area contributed by atoms with Gasteiger partial charge in [-0.15, -0.1) is 0 Å². The number of rotatable bonds is 7. The van der Waals surface area contributed by atoms with Gasteiger partial charge in [0.15, 0.2) is 22.8 Å². The van der Waals surface area contributed by atoms with E-state index in [1.165, 1.54) is 13.8 Å². The molecule has 1 saturated heterocycles. The van der Waals surface area contributed by atoms with Crippen LogP contribution < -0.4 is 9.08 Å². The second-order valence-corrected chi connectivity index (χ2v) is 11.1. The van der Waals surface area contributed by atoms with E-state index in [4.69, 9.17) is 9.47 Å². The maximum absolute atomic E-state index is 15.4. The van der Waals surface area contributed by atoms with Crippen LogP contribution in [-0.2, 0) is 24.4 Å². The molecule has 1 aromatic carbocycles. The number of anilines is 1. The Hall–Kier alpha value is -2.19. The molecule has 0 saturated carbocycles. The normalized spacial score (nSPS) is 15.9. The van der Waals surface area contributed by atoms with Crippen LogP contribution in [0.3, 0.4) is 0 Å². The Morgan fingerprint density at radius 3 is 2.32 bits per heavy atom. The van der Waals surface area contributed by atoms with Crippen LogP contribution in [0.15, 0.2) is 0 Å². The summed E-state index contributed by atoms with van der Waals surface area (Å²) in [5.74, 6) is -2.84. The largest absolute Gasteiger partial charge is 0.534 e. The number of esters is 1. The molecule has 0 radical (unpaired) electrons. The number of aromatic nitrogens is 1. The number of carbonyl (C=O) groups is 1. The summed E-state index contributed by atoms with van der Waals surface area (Å²) in [5, 5.41) is 0.287. The molecule has 1 unspecified atom stereocenters. The van der Waals surface area contributed by atoms with Crippen LogP contribution in [0.2, 0.25) is 0 Å². The topological polar surface area (TPSA) is 95.0 Å². The highest BCUT2D eigenvalue weighted by atomic mass is 32.2. The van der Waals surface area contributed by atoms with Crippen molar-refractivity contribution in [3.63, 3.8) is 0 Å². The van der Waals surface area contributed by atoms with Gasteiger partial charge in [0.1, 0.15) is 10.2 Å². The van der Waals surface area contributed by atoms with E-state index >= 15 is 4.39 Å². The maximum Gasteiger partial charge on any atom is 0.534 e. The Morgan fingerprint density at radius 2 is 1.85 bits per heavy atom. The number of halogens is 4. The summed E-state index contributed by atoms with van der Waals surface area (Å²) in [7, 11) is -6.18. The van der Waals surface area contributed by atoms with Gasteiger partial charge < -0.3 is 18.6 Å². The van der Waals surface area contributed by atoms with Crippen molar-refractivity contribution in [3.8, 4) is 5.75 Å². The fourth-order valence-electron chi connectivity index (χ4n) is 3.19. The maximum atomic E-state index is 15.4. The number of alkyl halides is 3.